The van der Waals surface area contributed by atoms with Crippen LogP contribution in [0.2, 0.25) is 5.02 Å². The Morgan fingerprint density at radius 2 is 2.11 bits per heavy atom. The average Bonchev–Trinajstić information content (AvgIpc) is 3.12. The Morgan fingerprint density at radius 3 is 2.75 bits per heavy atom. The zero-order chi connectivity index (χ0) is 20.1. The summed E-state index contributed by atoms with van der Waals surface area (Å²) < 4.78 is 14.0. The van der Waals surface area contributed by atoms with Crippen LogP contribution in [0.25, 0.3) is 0 Å². The van der Waals surface area contributed by atoms with Crippen LogP contribution in [0.5, 0.6) is 0 Å². The Morgan fingerprint density at radius 1 is 1.29 bits per heavy atom. The normalized spacial score (nSPS) is 10.5. The molecule has 1 aromatic carbocycles. The van der Waals surface area contributed by atoms with Gasteiger partial charge >= 0.3 is 0 Å². The largest absolute Gasteiger partial charge is 0.346 e. The van der Waals surface area contributed by atoms with Crippen molar-refractivity contribution in [1.29, 1.82) is 0 Å². The zero-order valence-corrected chi connectivity index (χ0v) is 16.4. The molecule has 0 bridgehead atoms. The number of carbonyl (C=O) groups excluding carboxylic acids is 2. The van der Waals surface area contributed by atoms with Gasteiger partial charge in [0.1, 0.15) is 11.5 Å². The minimum atomic E-state index is -0.557. The number of halogens is 2. The number of anilines is 1. The van der Waals surface area contributed by atoms with Gasteiger partial charge in [-0.1, -0.05) is 17.7 Å². The van der Waals surface area contributed by atoms with Crippen molar-refractivity contribution in [3.63, 3.8) is 0 Å². The number of pyridine rings is 1. The number of nitrogens with zero attached hydrogens (tertiary/aromatic N) is 3. The highest BCUT2D eigenvalue weighted by Gasteiger charge is 2.13. The van der Waals surface area contributed by atoms with Crippen LogP contribution in [0, 0.1) is 12.7 Å². The van der Waals surface area contributed by atoms with Gasteiger partial charge in [-0.25, -0.2) is 9.37 Å². The first-order valence-electron chi connectivity index (χ1n) is 8.27. The average molecular weight is 419 g/mol. The molecule has 144 valence electrons. The Labute approximate surface area is 170 Å². The first kappa shape index (κ1) is 19.9. The molecule has 1 N–H and O–H groups in total. The molecule has 2 amide bonds. The van der Waals surface area contributed by atoms with E-state index in [9.17, 15) is 14.0 Å². The lowest BCUT2D eigenvalue weighted by Crippen LogP contribution is -2.24. The molecule has 0 radical (unpaired) electrons. The summed E-state index contributed by atoms with van der Waals surface area (Å²) in [6, 6.07) is 7.20. The van der Waals surface area contributed by atoms with E-state index < -0.39 is 5.82 Å². The van der Waals surface area contributed by atoms with Gasteiger partial charge in [-0.15, -0.1) is 11.3 Å². The molecule has 0 saturated carbocycles. The summed E-state index contributed by atoms with van der Waals surface area (Å²) in [6.07, 6.45) is 3.72. The van der Waals surface area contributed by atoms with Crippen LogP contribution in [0.15, 0.2) is 42.7 Å². The summed E-state index contributed by atoms with van der Waals surface area (Å²) >= 11 is 7.39. The first-order valence-corrected chi connectivity index (χ1v) is 9.47. The van der Waals surface area contributed by atoms with E-state index >= 15 is 0 Å². The SMILES string of the molecule is Cc1ncc(CNC(=O)c2ccc(CN(C=O)c3cc(Cl)ccc3F)cn2)s1. The lowest BCUT2D eigenvalue weighted by atomic mass is 10.2. The van der Waals surface area contributed by atoms with E-state index in [4.69, 9.17) is 11.6 Å². The van der Waals surface area contributed by atoms with Crippen molar-refractivity contribution in [2.24, 2.45) is 0 Å². The van der Waals surface area contributed by atoms with Crippen LogP contribution in [0.1, 0.15) is 25.9 Å². The molecule has 9 heteroatoms. The molecule has 0 saturated heterocycles. The molecule has 2 heterocycles. The maximum Gasteiger partial charge on any atom is 0.270 e. The van der Waals surface area contributed by atoms with Crippen molar-refractivity contribution < 1.29 is 14.0 Å². The number of benzene rings is 1. The number of amides is 2. The molecule has 0 aliphatic carbocycles. The zero-order valence-electron chi connectivity index (χ0n) is 14.9. The van der Waals surface area contributed by atoms with Gasteiger partial charge in [-0.3, -0.25) is 14.6 Å². The third-order valence-electron chi connectivity index (χ3n) is 3.85. The Bertz CT molecular complexity index is 994. The fourth-order valence-electron chi connectivity index (χ4n) is 2.48. The minimum Gasteiger partial charge on any atom is -0.346 e. The third-order valence-corrected chi connectivity index (χ3v) is 5.00. The van der Waals surface area contributed by atoms with Crippen molar-refractivity contribution in [2.75, 3.05) is 4.90 Å². The topological polar surface area (TPSA) is 75.2 Å². The Hall–Kier alpha value is -2.84. The van der Waals surface area contributed by atoms with Crippen molar-refractivity contribution in [3.8, 4) is 0 Å². The second kappa shape index (κ2) is 8.90. The van der Waals surface area contributed by atoms with Crippen LogP contribution in [-0.4, -0.2) is 22.3 Å². The second-order valence-corrected chi connectivity index (χ2v) is 7.66. The highest BCUT2D eigenvalue weighted by molar-refractivity contribution is 7.11. The summed E-state index contributed by atoms with van der Waals surface area (Å²) in [5.41, 5.74) is 0.960. The van der Waals surface area contributed by atoms with Gasteiger partial charge in [0.2, 0.25) is 6.41 Å². The monoisotopic (exact) mass is 418 g/mol. The molecule has 0 fully saturated rings. The molecule has 0 unspecified atom stereocenters. The highest BCUT2D eigenvalue weighted by atomic mass is 35.5. The number of nitrogens with one attached hydrogen (secondary N) is 1. The summed E-state index contributed by atoms with van der Waals surface area (Å²) in [5, 5.41) is 4.03. The number of hydrogen-bond donors (Lipinski definition) is 1. The molecule has 28 heavy (non-hydrogen) atoms. The van der Waals surface area contributed by atoms with Gasteiger partial charge in [0.15, 0.2) is 0 Å². The fraction of sp³-hybridized carbons (Fsp3) is 0.158. The number of aryl methyl sites for hydroxylation is 1. The van der Waals surface area contributed by atoms with Crippen LogP contribution in [0.3, 0.4) is 0 Å². The van der Waals surface area contributed by atoms with E-state index in [0.29, 0.717) is 23.5 Å². The predicted octanol–water partition coefficient (Wildman–Crippen LogP) is 3.73. The number of aromatic nitrogens is 2. The van der Waals surface area contributed by atoms with Crippen LogP contribution >= 0.6 is 22.9 Å². The van der Waals surface area contributed by atoms with Crippen LogP contribution < -0.4 is 10.2 Å². The van der Waals surface area contributed by atoms with Crippen LogP contribution in [0.4, 0.5) is 10.1 Å². The molecular formula is C19H16ClFN4O2S. The van der Waals surface area contributed by atoms with E-state index in [-0.39, 0.29) is 23.8 Å². The molecule has 0 aliphatic heterocycles. The lowest BCUT2D eigenvalue weighted by Gasteiger charge is -2.18. The maximum atomic E-state index is 14.0. The number of thiazole rings is 1. The standard InChI is InChI=1S/C19H16ClFN4O2S/c1-12-22-8-15(28-12)9-24-19(27)17-5-2-13(7-23-17)10-25(11-26)18-6-14(20)3-4-16(18)21/h2-8,11H,9-10H2,1H3,(H,24,27). The molecule has 0 spiro atoms. The fourth-order valence-corrected chi connectivity index (χ4v) is 3.38. The predicted molar refractivity (Wildman–Crippen MR) is 106 cm³/mol. The number of carbonyl (C=O) groups is 2. The van der Waals surface area contributed by atoms with Crippen molar-refractivity contribution >= 4 is 40.9 Å². The third kappa shape index (κ3) is 4.90. The van der Waals surface area contributed by atoms with Gasteiger partial charge in [-0.05, 0) is 36.8 Å². The molecular weight excluding hydrogens is 403 g/mol. The van der Waals surface area contributed by atoms with Crippen molar-refractivity contribution in [3.05, 3.63) is 74.7 Å². The Kier molecular flexibility index (Phi) is 6.33. The van der Waals surface area contributed by atoms with E-state index in [1.807, 2.05) is 6.92 Å². The second-order valence-electron chi connectivity index (χ2n) is 5.91. The molecule has 6 nitrogen and oxygen atoms in total. The maximum absolute atomic E-state index is 14.0. The lowest BCUT2D eigenvalue weighted by molar-refractivity contribution is -0.107. The molecule has 0 atom stereocenters. The van der Waals surface area contributed by atoms with Gasteiger partial charge in [0.05, 0.1) is 23.8 Å². The molecule has 0 aliphatic rings. The van der Waals surface area contributed by atoms with E-state index in [1.165, 1.54) is 40.6 Å². The summed E-state index contributed by atoms with van der Waals surface area (Å²) in [6.45, 7) is 2.37. The summed E-state index contributed by atoms with van der Waals surface area (Å²) in [5.74, 6) is -0.871. The first-order chi connectivity index (χ1) is 13.5. The van der Waals surface area contributed by atoms with Gasteiger partial charge in [-0.2, -0.15) is 0 Å². The smallest absolute Gasteiger partial charge is 0.270 e. The molecule has 3 aromatic rings. The minimum absolute atomic E-state index is 0.0733. The highest BCUT2D eigenvalue weighted by Crippen LogP contribution is 2.24. The summed E-state index contributed by atoms with van der Waals surface area (Å²) in [4.78, 5) is 34.0. The van der Waals surface area contributed by atoms with Crippen molar-refractivity contribution in [1.82, 2.24) is 15.3 Å². The summed E-state index contributed by atoms with van der Waals surface area (Å²) in [7, 11) is 0. The van der Waals surface area contributed by atoms with Crippen LogP contribution in [-0.2, 0) is 17.9 Å². The van der Waals surface area contributed by atoms with E-state index in [0.717, 1.165) is 9.88 Å². The number of hydrogen-bond acceptors (Lipinski definition) is 5. The van der Waals surface area contributed by atoms with E-state index in [1.54, 1.807) is 18.3 Å². The Balaban J connectivity index is 1.65. The van der Waals surface area contributed by atoms with Crippen molar-refractivity contribution in [2.45, 2.75) is 20.0 Å². The number of rotatable bonds is 7. The van der Waals surface area contributed by atoms with E-state index in [2.05, 4.69) is 15.3 Å². The van der Waals surface area contributed by atoms with Gasteiger partial charge in [0.25, 0.3) is 5.91 Å². The van der Waals surface area contributed by atoms with Gasteiger partial charge in [0, 0.05) is 22.3 Å². The van der Waals surface area contributed by atoms with Gasteiger partial charge < -0.3 is 10.2 Å². The quantitative estimate of drug-likeness (QED) is 0.593. The molecule has 2 aromatic heterocycles. The molecule has 3 rings (SSSR count).